The number of allylic oxidation sites excluding steroid dienone is 1. The van der Waals surface area contributed by atoms with Gasteiger partial charge in [0.25, 0.3) is 0 Å². The van der Waals surface area contributed by atoms with Crippen molar-refractivity contribution in [3.63, 3.8) is 0 Å². The van der Waals surface area contributed by atoms with Gasteiger partial charge in [0.05, 0.1) is 22.7 Å². The molecule has 6 nitrogen and oxygen atoms in total. The standard InChI is InChI=1S/C22H14FN5O/c23-13-7-5-12(6-8-13)20-19-18(16(11-24)21(25)29-22(19)28-27-20)15-9-10-26-17-4-2-1-3-14(15)17/h1-10,18H,25H2,(H,27,28). The van der Waals surface area contributed by atoms with Crippen molar-refractivity contribution < 1.29 is 9.13 Å². The summed E-state index contributed by atoms with van der Waals surface area (Å²) in [7, 11) is 0. The summed E-state index contributed by atoms with van der Waals surface area (Å²) >= 11 is 0. The molecule has 0 aliphatic carbocycles. The number of para-hydroxylation sites is 1. The lowest BCUT2D eigenvalue weighted by Gasteiger charge is -2.25. The van der Waals surface area contributed by atoms with Gasteiger partial charge in [0.15, 0.2) is 0 Å². The molecule has 29 heavy (non-hydrogen) atoms. The first kappa shape index (κ1) is 17.0. The lowest BCUT2D eigenvalue weighted by molar-refractivity contribution is 0.379. The Morgan fingerprint density at radius 2 is 1.90 bits per heavy atom. The van der Waals surface area contributed by atoms with Crippen LogP contribution in [-0.4, -0.2) is 15.2 Å². The van der Waals surface area contributed by atoms with E-state index >= 15 is 0 Å². The van der Waals surface area contributed by atoms with E-state index in [9.17, 15) is 9.65 Å². The summed E-state index contributed by atoms with van der Waals surface area (Å²) in [5.41, 5.74) is 10.1. The first-order valence-electron chi connectivity index (χ1n) is 8.93. The van der Waals surface area contributed by atoms with Gasteiger partial charge in [-0.25, -0.2) is 4.39 Å². The number of aromatic amines is 1. The Morgan fingerprint density at radius 3 is 2.69 bits per heavy atom. The van der Waals surface area contributed by atoms with Crippen LogP contribution < -0.4 is 10.5 Å². The van der Waals surface area contributed by atoms with E-state index in [1.807, 2.05) is 30.3 Å². The summed E-state index contributed by atoms with van der Waals surface area (Å²) in [5, 5.41) is 18.0. The van der Waals surface area contributed by atoms with Gasteiger partial charge in [-0.3, -0.25) is 10.1 Å². The smallest absolute Gasteiger partial charge is 0.244 e. The highest BCUT2D eigenvalue weighted by molar-refractivity contribution is 5.85. The summed E-state index contributed by atoms with van der Waals surface area (Å²) < 4.78 is 19.1. The number of H-pyrrole nitrogens is 1. The van der Waals surface area contributed by atoms with Gasteiger partial charge >= 0.3 is 0 Å². The average molecular weight is 383 g/mol. The second kappa shape index (κ2) is 6.46. The number of benzene rings is 2. The number of ether oxygens (including phenoxy) is 1. The molecule has 1 unspecified atom stereocenters. The maximum absolute atomic E-state index is 13.4. The zero-order valence-electron chi connectivity index (χ0n) is 15.1. The molecule has 2 aromatic heterocycles. The molecule has 0 saturated heterocycles. The molecule has 2 aromatic carbocycles. The van der Waals surface area contributed by atoms with E-state index in [1.54, 1.807) is 18.3 Å². The number of hydrogen-bond donors (Lipinski definition) is 2. The zero-order chi connectivity index (χ0) is 20.0. The summed E-state index contributed by atoms with van der Waals surface area (Å²) in [5.74, 6) is -0.526. The molecule has 0 fully saturated rings. The minimum absolute atomic E-state index is 0.0167. The van der Waals surface area contributed by atoms with E-state index in [4.69, 9.17) is 10.5 Å². The highest BCUT2D eigenvalue weighted by atomic mass is 19.1. The van der Waals surface area contributed by atoms with Crippen LogP contribution in [0.2, 0.25) is 0 Å². The van der Waals surface area contributed by atoms with Crippen LogP contribution in [0.25, 0.3) is 22.2 Å². The van der Waals surface area contributed by atoms with Crippen molar-refractivity contribution >= 4 is 10.9 Å². The maximum Gasteiger partial charge on any atom is 0.244 e. The third-order valence-electron chi connectivity index (χ3n) is 5.07. The van der Waals surface area contributed by atoms with Crippen LogP contribution in [0.3, 0.4) is 0 Å². The second-order valence-corrected chi connectivity index (χ2v) is 6.67. The molecular formula is C22H14FN5O. The molecule has 5 rings (SSSR count). The molecule has 0 bridgehead atoms. The number of hydrogen-bond acceptors (Lipinski definition) is 5. The van der Waals surface area contributed by atoms with Gasteiger partial charge in [-0.15, -0.1) is 5.10 Å². The number of fused-ring (bicyclic) bond motifs is 2. The van der Waals surface area contributed by atoms with Crippen LogP contribution in [0.4, 0.5) is 4.39 Å². The van der Waals surface area contributed by atoms with E-state index in [-0.39, 0.29) is 11.7 Å². The summed E-state index contributed by atoms with van der Waals surface area (Å²) in [6, 6.07) is 17.8. The monoisotopic (exact) mass is 383 g/mol. The molecule has 140 valence electrons. The average Bonchev–Trinajstić information content (AvgIpc) is 3.16. The van der Waals surface area contributed by atoms with Crippen LogP contribution >= 0.6 is 0 Å². The third-order valence-corrected chi connectivity index (χ3v) is 5.07. The molecule has 4 aromatic rings. The fraction of sp³-hybridized carbons (Fsp3) is 0.0455. The van der Waals surface area contributed by atoms with E-state index in [1.165, 1.54) is 12.1 Å². The summed E-state index contributed by atoms with van der Waals surface area (Å²) in [6.07, 6.45) is 1.70. The van der Waals surface area contributed by atoms with Crippen LogP contribution in [0.15, 0.2) is 72.3 Å². The molecule has 0 spiro atoms. The van der Waals surface area contributed by atoms with Crippen molar-refractivity contribution in [2.45, 2.75) is 5.92 Å². The molecular weight excluding hydrogens is 369 g/mol. The SMILES string of the molecule is N#CC1=C(N)Oc2n[nH]c(-c3ccc(F)cc3)c2C1c1ccnc2ccccc12. The van der Waals surface area contributed by atoms with Gasteiger partial charge in [0.1, 0.15) is 17.5 Å². The molecule has 1 atom stereocenters. The van der Waals surface area contributed by atoms with Crippen molar-refractivity contribution in [1.29, 1.82) is 5.26 Å². The van der Waals surface area contributed by atoms with E-state index in [0.29, 0.717) is 22.7 Å². The second-order valence-electron chi connectivity index (χ2n) is 6.67. The number of nitrogens with zero attached hydrogens (tertiary/aromatic N) is 3. The van der Waals surface area contributed by atoms with Crippen molar-refractivity contribution in [3.8, 4) is 23.2 Å². The minimum atomic E-state index is -0.504. The summed E-state index contributed by atoms with van der Waals surface area (Å²) in [6.45, 7) is 0. The Labute approximate surface area is 165 Å². The molecule has 0 amide bonds. The van der Waals surface area contributed by atoms with Crippen molar-refractivity contribution in [3.05, 3.63) is 89.2 Å². The van der Waals surface area contributed by atoms with E-state index < -0.39 is 5.92 Å². The number of nitriles is 1. The number of rotatable bonds is 2. The van der Waals surface area contributed by atoms with E-state index in [2.05, 4.69) is 21.3 Å². The lowest BCUT2D eigenvalue weighted by Crippen LogP contribution is -2.21. The Hall–Kier alpha value is -4.18. The van der Waals surface area contributed by atoms with Gasteiger partial charge in [-0.2, -0.15) is 5.26 Å². The topological polar surface area (TPSA) is 101 Å². The predicted octanol–water partition coefficient (Wildman–Crippen LogP) is 3.98. The van der Waals surface area contributed by atoms with Crippen molar-refractivity contribution in [1.82, 2.24) is 15.2 Å². The predicted molar refractivity (Wildman–Crippen MR) is 105 cm³/mol. The number of halogens is 1. The van der Waals surface area contributed by atoms with Gasteiger partial charge in [0.2, 0.25) is 11.8 Å². The molecule has 3 N–H and O–H groups in total. The van der Waals surface area contributed by atoms with Gasteiger partial charge in [0, 0.05) is 17.1 Å². The highest BCUT2D eigenvalue weighted by Gasteiger charge is 2.36. The van der Waals surface area contributed by atoms with Crippen LogP contribution in [0.1, 0.15) is 17.0 Å². The van der Waals surface area contributed by atoms with Crippen molar-refractivity contribution in [2.75, 3.05) is 0 Å². The van der Waals surface area contributed by atoms with Gasteiger partial charge in [-0.05, 0) is 42.0 Å². The molecule has 0 radical (unpaired) electrons. The molecule has 1 aliphatic heterocycles. The zero-order valence-corrected chi connectivity index (χ0v) is 15.1. The largest absolute Gasteiger partial charge is 0.420 e. The van der Waals surface area contributed by atoms with Gasteiger partial charge in [-0.1, -0.05) is 18.2 Å². The fourth-order valence-corrected chi connectivity index (χ4v) is 3.76. The van der Waals surface area contributed by atoms with Crippen molar-refractivity contribution in [2.24, 2.45) is 5.73 Å². The van der Waals surface area contributed by atoms with Crippen LogP contribution in [0, 0.1) is 17.1 Å². The third kappa shape index (κ3) is 2.62. The van der Waals surface area contributed by atoms with Crippen LogP contribution in [-0.2, 0) is 0 Å². The fourth-order valence-electron chi connectivity index (χ4n) is 3.76. The lowest BCUT2D eigenvalue weighted by atomic mass is 9.81. The Morgan fingerprint density at radius 1 is 1.10 bits per heavy atom. The maximum atomic E-state index is 13.4. The minimum Gasteiger partial charge on any atom is -0.420 e. The Bertz CT molecular complexity index is 1310. The first-order chi connectivity index (χ1) is 14.2. The van der Waals surface area contributed by atoms with Gasteiger partial charge < -0.3 is 10.5 Å². The number of nitrogens with two attached hydrogens (primary N) is 1. The number of nitrogens with one attached hydrogen (secondary N) is 1. The highest BCUT2D eigenvalue weighted by Crippen LogP contribution is 2.46. The molecule has 0 saturated carbocycles. The molecule has 7 heteroatoms. The quantitative estimate of drug-likeness (QED) is 0.545. The number of aromatic nitrogens is 3. The number of pyridine rings is 1. The first-order valence-corrected chi connectivity index (χ1v) is 8.93. The summed E-state index contributed by atoms with van der Waals surface area (Å²) in [4.78, 5) is 4.41. The van der Waals surface area contributed by atoms with E-state index in [0.717, 1.165) is 22.0 Å². The molecule has 3 heterocycles. The van der Waals surface area contributed by atoms with Crippen LogP contribution in [0.5, 0.6) is 5.88 Å². The molecule has 1 aliphatic rings. The normalized spacial score (nSPS) is 15.7. The Balaban J connectivity index is 1.80. The Kier molecular flexibility index (Phi) is 3.78.